The second kappa shape index (κ2) is 10.3. The lowest BCUT2D eigenvalue weighted by Crippen LogP contribution is -2.41. The molecule has 1 unspecified atom stereocenters. The van der Waals surface area contributed by atoms with Gasteiger partial charge in [-0.25, -0.2) is 0 Å². The van der Waals surface area contributed by atoms with Crippen molar-refractivity contribution >= 4 is 23.6 Å². The van der Waals surface area contributed by atoms with Crippen LogP contribution >= 0.6 is 11.8 Å². The lowest BCUT2D eigenvalue weighted by Gasteiger charge is -2.16. The summed E-state index contributed by atoms with van der Waals surface area (Å²) < 4.78 is 0. The summed E-state index contributed by atoms with van der Waals surface area (Å²) in [6, 6.07) is 18.8. The average molecular weight is 367 g/mol. The molecule has 0 radical (unpaired) electrons. The number of hydrogen-bond donors (Lipinski definition) is 2. The van der Waals surface area contributed by atoms with Crippen molar-refractivity contribution in [2.75, 3.05) is 13.1 Å². The van der Waals surface area contributed by atoms with Crippen LogP contribution in [0.25, 0.3) is 0 Å². The Bertz CT molecular complexity index is 787. The van der Waals surface area contributed by atoms with E-state index in [1.165, 1.54) is 11.8 Å². The molecule has 0 spiro atoms. The van der Waals surface area contributed by atoms with E-state index in [2.05, 4.69) is 16.7 Å². The molecule has 0 aromatic heterocycles. The minimum atomic E-state index is -0.475. The van der Waals surface area contributed by atoms with Gasteiger partial charge in [0.05, 0.1) is 6.07 Å². The number of benzene rings is 2. The zero-order valence-electron chi connectivity index (χ0n) is 14.6. The maximum atomic E-state index is 12.3. The minimum Gasteiger partial charge on any atom is -0.350 e. The highest BCUT2D eigenvalue weighted by molar-refractivity contribution is 7.99. The summed E-state index contributed by atoms with van der Waals surface area (Å²) >= 11 is 1.44. The Morgan fingerprint density at radius 2 is 1.88 bits per heavy atom. The topological polar surface area (TPSA) is 82.0 Å². The first-order valence-corrected chi connectivity index (χ1v) is 9.30. The van der Waals surface area contributed by atoms with Gasteiger partial charge < -0.3 is 10.6 Å². The molecular formula is C20H21N3O2S. The summed E-state index contributed by atoms with van der Waals surface area (Å²) in [4.78, 5) is 24.5. The molecule has 1 atom stereocenters. The van der Waals surface area contributed by atoms with E-state index in [1.54, 1.807) is 24.3 Å². The monoisotopic (exact) mass is 367 g/mol. The van der Waals surface area contributed by atoms with E-state index >= 15 is 0 Å². The highest BCUT2D eigenvalue weighted by Crippen LogP contribution is 2.19. The molecular weight excluding hydrogens is 346 g/mol. The average Bonchev–Trinajstić information content (AvgIpc) is 2.66. The van der Waals surface area contributed by atoms with Crippen LogP contribution in [0.4, 0.5) is 0 Å². The maximum absolute atomic E-state index is 12.3. The third-order valence-electron chi connectivity index (χ3n) is 3.65. The summed E-state index contributed by atoms with van der Waals surface area (Å²) in [6.07, 6.45) is 0. The van der Waals surface area contributed by atoms with E-state index in [4.69, 9.17) is 5.26 Å². The number of carbonyl (C=O) groups excluding carboxylic acids is 2. The van der Waals surface area contributed by atoms with Gasteiger partial charge in [-0.3, -0.25) is 9.59 Å². The molecule has 134 valence electrons. The van der Waals surface area contributed by atoms with E-state index in [1.807, 2.05) is 37.3 Å². The third kappa shape index (κ3) is 6.26. The molecule has 0 saturated carbocycles. The van der Waals surface area contributed by atoms with Crippen molar-refractivity contribution in [2.24, 2.45) is 0 Å². The zero-order chi connectivity index (χ0) is 18.8. The molecule has 0 bridgehead atoms. The predicted molar refractivity (Wildman–Crippen MR) is 104 cm³/mol. The van der Waals surface area contributed by atoms with Crippen molar-refractivity contribution in [1.82, 2.24) is 10.6 Å². The van der Waals surface area contributed by atoms with Crippen molar-refractivity contribution in [3.05, 3.63) is 71.3 Å². The summed E-state index contributed by atoms with van der Waals surface area (Å²) in [7, 11) is 0. The van der Waals surface area contributed by atoms with Crippen LogP contribution in [0.3, 0.4) is 0 Å². The van der Waals surface area contributed by atoms with Gasteiger partial charge in [-0.2, -0.15) is 5.26 Å². The van der Waals surface area contributed by atoms with Gasteiger partial charge >= 0.3 is 0 Å². The van der Waals surface area contributed by atoms with Crippen LogP contribution in [0.1, 0.15) is 21.5 Å². The first kappa shape index (κ1) is 19.5. The number of rotatable bonds is 8. The number of nitriles is 1. The zero-order valence-corrected chi connectivity index (χ0v) is 15.4. The van der Waals surface area contributed by atoms with Crippen LogP contribution in [0.2, 0.25) is 0 Å². The normalized spacial score (nSPS) is 11.2. The smallest absolute Gasteiger partial charge is 0.251 e. The van der Waals surface area contributed by atoms with Gasteiger partial charge in [0.2, 0.25) is 5.91 Å². The Morgan fingerprint density at radius 1 is 1.12 bits per heavy atom. The molecule has 0 aliphatic rings. The number of carbonyl (C=O) groups is 2. The summed E-state index contributed by atoms with van der Waals surface area (Å²) in [6.45, 7) is 2.17. The fourth-order valence-corrected chi connectivity index (χ4v) is 3.35. The van der Waals surface area contributed by atoms with Gasteiger partial charge in [-0.1, -0.05) is 48.0 Å². The van der Waals surface area contributed by atoms with E-state index in [9.17, 15) is 9.59 Å². The molecule has 2 N–H and O–H groups in total. The van der Waals surface area contributed by atoms with Gasteiger partial charge in [0.1, 0.15) is 11.8 Å². The highest BCUT2D eigenvalue weighted by atomic mass is 32.2. The number of hydrogen-bond acceptors (Lipinski definition) is 4. The molecule has 26 heavy (non-hydrogen) atoms. The molecule has 6 heteroatoms. The van der Waals surface area contributed by atoms with Crippen LogP contribution in [-0.4, -0.2) is 30.2 Å². The maximum Gasteiger partial charge on any atom is 0.251 e. The minimum absolute atomic E-state index is 0.0486. The van der Waals surface area contributed by atoms with Gasteiger partial charge in [-0.15, -0.1) is 11.8 Å². The van der Waals surface area contributed by atoms with Crippen molar-refractivity contribution in [3.8, 4) is 6.07 Å². The number of aryl methyl sites for hydroxylation is 1. The molecule has 2 aromatic carbocycles. The highest BCUT2D eigenvalue weighted by Gasteiger charge is 2.20. The molecule has 2 rings (SSSR count). The van der Waals surface area contributed by atoms with Gasteiger partial charge in [0, 0.05) is 17.9 Å². The molecule has 5 nitrogen and oxygen atoms in total. The van der Waals surface area contributed by atoms with Crippen molar-refractivity contribution < 1.29 is 9.59 Å². The Kier molecular flexibility index (Phi) is 7.72. The Hall–Kier alpha value is -2.78. The SMILES string of the molecule is Cc1cccc(CSC(CNC(=O)c2ccccc2)C(=O)NCC#N)c1. The molecule has 2 aromatic rings. The first-order chi connectivity index (χ1) is 12.6. The number of nitrogens with one attached hydrogen (secondary N) is 2. The van der Waals surface area contributed by atoms with Crippen molar-refractivity contribution in [3.63, 3.8) is 0 Å². The van der Waals surface area contributed by atoms with Crippen LogP contribution in [0.15, 0.2) is 54.6 Å². The van der Waals surface area contributed by atoms with Gasteiger partial charge in [0.15, 0.2) is 0 Å². The second-order valence-corrected chi connectivity index (χ2v) is 6.93. The Balaban J connectivity index is 1.97. The first-order valence-electron chi connectivity index (χ1n) is 8.25. The van der Waals surface area contributed by atoms with Gasteiger partial charge in [0.25, 0.3) is 5.91 Å². The number of amides is 2. The standard InChI is InChI=1S/C20H21N3O2S/c1-15-6-5-7-16(12-15)14-26-18(20(25)22-11-10-21)13-23-19(24)17-8-3-2-4-9-17/h2-9,12,18H,11,13-14H2,1H3,(H,22,25)(H,23,24). The summed E-state index contributed by atoms with van der Waals surface area (Å²) in [5, 5.41) is 13.6. The summed E-state index contributed by atoms with van der Waals surface area (Å²) in [5.41, 5.74) is 2.82. The quantitative estimate of drug-likeness (QED) is 0.703. The molecule has 0 aliphatic carbocycles. The predicted octanol–water partition coefficient (Wildman–Crippen LogP) is 2.67. The van der Waals surface area contributed by atoms with Crippen molar-refractivity contribution in [2.45, 2.75) is 17.9 Å². The fraction of sp³-hybridized carbons (Fsp3) is 0.250. The van der Waals surface area contributed by atoms with E-state index < -0.39 is 5.25 Å². The van der Waals surface area contributed by atoms with Crippen LogP contribution < -0.4 is 10.6 Å². The molecule has 0 saturated heterocycles. The van der Waals surface area contributed by atoms with Crippen LogP contribution in [0, 0.1) is 18.3 Å². The molecule has 2 amide bonds. The Morgan fingerprint density at radius 3 is 2.58 bits per heavy atom. The third-order valence-corrected chi connectivity index (χ3v) is 4.93. The lowest BCUT2D eigenvalue weighted by atomic mass is 10.2. The summed E-state index contributed by atoms with van der Waals surface area (Å²) in [5.74, 6) is 0.172. The number of nitrogens with zero attached hydrogens (tertiary/aromatic N) is 1. The van der Waals surface area contributed by atoms with Gasteiger partial charge in [-0.05, 0) is 24.6 Å². The van der Waals surface area contributed by atoms with Crippen LogP contribution in [0.5, 0.6) is 0 Å². The molecule has 0 heterocycles. The van der Waals surface area contributed by atoms with E-state index in [0.717, 1.165) is 11.1 Å². The van der Waals surface area contributed by atoms with Crippen LogP contribution in [-0.2, 0) is 10.5 Å². The Labute approximate surface area is 157 Å². The number of thioether (sulfide) groups is 1. The molecule has 0 aliphatic heterocycles. The fourth-order valence-electron chi connectivity index (χ4n) is 2.34. The lowest BCUT2D eigenvalue weighted by molar-refractivity contribution is -0.120. The largest absolute Gasteiger partial charge is 0.350 e. The van der Waals surface area contributed by atoms with E-state index in [0.29, 0.717) is 11.3 Å². The van der Waals surface area contributed by atoms with E-state index in [-0.39, 0.29) is 24.9 Å². The second-order valence-electron chi connectivity index (χ2n) is 5.74. The molecule has 0 fully saturated rings. The van der Waals surface area contributed by atoms with Crippen molar-refractivity contribution in [1.29, 1.82) is 5.26 Å².